The lowest BCUT2D eigenvalue weighted by Crippen LogP contribution is -2.45. The molecular formula is C10H17NO5. The Bertz CT molecular complexity index is 268. The van der Waals surface area contributed by atoms with Gasteiger partial charge >= 0.3 is 5.97 Å². The molecule has 1 aliphatic rings. The average Bonchev–Trinajstić information content (AvgIpc) is 2.73. The van der Waals surface area contributed by atoms with Gasteiger partial charge in [-0.2, -0.15) is 0 Å². The Morgan fingerprint density at radius 3 is 2.75 bits per heavy atom. The maximum Gasteiger partial charge on any atom is 0.311 e. The number of carboxylic acid groups (broad SMARTS) is 1. The predicted molar refractivity (Wildman–Crippen MR) is 55.0 cm³/mol. The average molecular weight is 231 g/mol. The van der Waals surface area contributed by atoms with Crippen LogP contribution in [0.1, 0.15) is 6.92 Å². The van der Waals surface area contributed by atoms with Crippen molar-refractivity contribution in [2.24, 2.45) is 5.92 Å². The van der Waals surface area contributed by atoms with E-state index >= 15 is 0 Å². The van der Waals surface area contributed by atoms with Crippen LogP contribution in [0.15, 0.2) is 0 Å². The molecule has 0 aliphatic carbocycles. The van der Waals surface area contributed by atoms with Crippen molar-refractivity contribution in [3.8, 4) is 0 Å². The maximum absolute atomic E-state index is 11.6. The van der Waals surface area contributed by atoms with Crippen LogP contribution in [0, 0.1) is 5.92 Å². The molecule has 6 heteroatoms. The molecule has 1 fully saturated rings. The van der Waals surface area contributed by atoms with Crippen LogP contribution in [0.5, 0.6) is 0 Å². The van der Waals surface area contributed by atoms with E-state index in [4.69, 9.17) is 14.6 Å². The summed E-state index contributed by atoms with van der Waals surface area (Å²) in [6.07, 6.45) is 0. The molecule has 2 unspecified atom stereocenters. The fraction of sp³-hybridized carbons (Fsp3) is 0.800. The molecule has 0 saturated carbocycles. The van der Waals surface area contributed by atoms with Crippen LogP contribution < -0.4 is 0 Å². The lowest BCUT2D eigenvalue weighted by atomic mass is 10.0. The van der Waals surface area contributed by atoms with Crippen molar-refractivity contribution >= 4 is 11.9 Å². The standard InChI is InChI=1S/C10H17NO5/c1-3-15-6-9(12)11(2)8-5-16-4-7(8)10(13)14/h7-8H,3-6H2,1-2H3,(H,13,14). The first-order valence-electron chi connectivity index (χ1n) is 5.21. The van der Waals surface area contributed by atoms with E-state index in [0.717, 1.165) is 0 Å². The zero-order valence-corrected chi connectivity index (χ0v) is 9.51. The van der Waals surface area contributed by atoms with E-state index in [2.05, 4.69) is 0 Å². The minimum atomic E-state index is -0.932. The number of rotatable bonds is 5. The fourth-order valence-electron chi connectivity index (χ4n) is 1.64. The SMILES string of the molecule is CCOCC(=O)N(C)C1COCC1C(=O)O. The van der Waals surface area contributed by atoms with Crippen molar-refractivity contribution in [1.82, 2.24) is 4.90 Å². The Kier molecular flexibility index (Phi) is 4.70. The molecule has 92 valence electrons. The number of carbonyl (C=O) groups is 2. The van der Waals surface area contributed by atoms with Gasteiger partial charge in [0.15, 0.2) is 0 Å². The molecule has 0 bridgehead atoms. The van der Waals surface area contributed by atoms with E-state index in [1.807, 2.05) is 0 Å². The number of carbonyl (C=O) groups excluding carboxylic acids is 1. The summed E-state index contributed by atoms with van der Waals surface area (Å²) < 4.78 is 10.1. The van der Waals surface area contributed by atoms with Gasteiger partial charge in [-0.3, -0.25) is 9.59 Å². The molecule has 0 aromatic rings. The Labute approximate surface area is 94.1 Å². The molecule has 0 aromatic heterocycles. The molecule has 0 radical (unpaired) electrons. The van der Waals surface area contributed by atoms with Crippen LogP contribution in [0.4, 0.5) is 0 Å². The normalized spacial score (nSPS) is 24.4. The summed E-state index contributed by atoms with van der Waals surface area (Å²) in [7, 11) is 1.58. The molecule has 2 atom stereocenters. The van der Waals surface area contributed by atoms with E-state index < -0.39 is 17.9 Å². The Morgan fingerprint density at radius 2 is 2.19 bits per heavy atom. The van der Waals surface area contributed by atoms with Crippen molar-refractivity contribution in [3.05, 3.63) is 0 Å². The lowest BCUT2D eigenvalue weighted by Gasteiger charge is -2.26. The second-order valence-corrected chi connectivity index (χ2v) is 3.69. The zero-order valence-electron chi connectivity index (χ0n) is 9.51. The van der Waals surface area contributed by atoms with Gasteiger partial charge in [0.2, 0.25) is 5.91 Å². The zero-order chi connectivity index (χ0) is 12.1. The molecule has 0 spiro atoms. The van der Waals surface area contributed by atoms with E-state index in [9.17, 15) is 9.59 Å². The first-order chi connectivity index (χ1) is 7.57. The molecular weight excluding hydrogens is 214 g/mol. The molecule has 1 N–H and O–H groups in total. The number of likely N-dealkylation sites (N-methyl/N-ethyl adjacent to an activating group) is 1. The summed E-state index contributed by atoms with van der Waals surface area (Å²) in [4.78, 5) is 23.9. The molecule has 1 aliphatic heterocycles. The Morgan fingerprint density at radius 1 is 1.50 bits per heavy atom. The van der Waals surface area contributed by atoms with Crippen molar-refractivity contribution in [3.63, 3.8) is 0 Å². The number of nitrogens with zero attached hydrogens (tertiary/aromatic N) is 1. The van der Waals surface area contributed by atoms with Crippen LogP contribution in [-0.4, -0.2) is 61.4 Å². The van der Waals surface area contributed by atoms with Crippen LogP contribution in [-0.2, 0) is 19.1 Å². The first-order valence-corrected chi connectivity index (χ1v) is 5.21. The highest BCUT2D eigenvalue weighted by Gasteiger charge is 2.38. The van der Waals surface area contributed by atoms with Gasteiger partial charge in [0.25, 0.3) is 0 Å². The topological polar surface area (TPSA) is 76.1 Å². The smallest absolute Gasteiger partial charge is 0.311 e. The van der Waals surface area contributed by atoms with Gasteiger partial charge in [-0.25, -0.2) is 0 Å². The van der Waals surface area contributed by atoms with Crippen molar-refractivity contribution in [2.45, 2.75) is 13.0 Å². The highest BCUT2D eigenvalue weighted by Crippen LogP contribution is 2.19. The lowest BCUT2D eigenvalue weighted by molar-refractivity contribution is -0.145. The van der Waals surface area contributed by atoms with Gasteiger partial charge < -0.3 is 19.5 Å². The molecule has 16 heavy (non-hydrogen) atoms. The van der Waals surface area contributed by atoms with Crippen LogP contribution in [0.25, 0.3) is 0 Å². The summed E-state index contributed by atoms with van der Waals surface area (Å²) in [6.45, 7) is 2.67. The fourth-order valence-corrected chi connectivity index (χ4v) is 1.64. The Hall–Kier alpha value is -1.14. The van der Waals surface area contributed by atoms with Gasteiger partial charge in [0, 0.05) is 13.7 Å². The number of carboxylic acids is 1. The second-order valence-electron chi connectivity index (χ2n) is 3.69. The summed E-state index contributed by atoms with van der Waals surface area (Å²) in [6, 6.07) is -0.398. The highest BCUT2D eigenvalue weighted by atomic mass is 16.5. The first kappa shape index (κ1) is 12.9. The Balaban J connectivity index is 2.55. The predicted octanol–water partition coefficient (Wildman–Crippen LogP) is -0.419. The largest absolute Gasteiger partial charge is 0.481 e. The third-order valence-corrected chi connectivity index (χ3v) is 2.69. The van der Waals surface area contributed by atoms with Crippen molar-refractivity contribution in [2.75, 3.05) is 33.5 Å². The summed E-state index contributed by atoms with van der Waals surface area (Å²) in [5, 5.41) is 8.94. The number of ether oxygens (including phenoxy) is 2. The van der Waals surface area contributed by atoms with Gasteiger partial charge in [-0.05, 0) is 6.92 Å². The highest BCUT2D eigenvalue weighted by molar-refractivity contribution is 5.79. The van der Waals surface area contributed by atoms with Gasteiger partial charge in [-0.1, -0.05) is 0 Å². The monoisotopic (exact) mass is 231 g/mol. The second kappa shape index (κ2) is 5.81. The molecule has 1 heterocycles. The van der Waals surface area contributed by atoms with E-state index in [1.165, 1.54) is 4.90 Å². The van der Waals surface area contributed by atoms with Gasteiger partial charge in [0.1, 0.15) is 12.5 Å². The molecule has 6 nitrogen and oxygen atoms in total. The number of aliphatic carboxylic acids is 1. The van der Waals surface area contributed by atoms with E-state index in [1.54, 1.807) is 14.0 Å². The maximum atomic E-state index is 11.6. The summed E-state index contributed by atoms with van der Waals surface area (Å²) in [5.41, 5.74) is 0. The molecule has 1 amide bonds. The molecule has 1 rings (SSSR count). The molecule has 1 saturated heterocycles. The van der Waals surface area contributed by atoms with Crippen LogP contribution in [0.2, 0.25) is 0 Å². The number of hydrogen-bond acceptors (Lipinski definition) is 4. The van der Waals surface area contributed by atoms with Crippen LogP contribution in [0.3, 0.4) is 0 Å². The third kappa shape index (κ3) is 2.93. The minimum absolute atomic E-state index is 0.0180. The van der Waals surface area contributed by atoms with Gasteiger partial charge in [-0.15, -0.1) is 0 Å². The summed E-state index contributed by atoms with van der Waals surface area (Å²) in [5.74, 6) is -1.79. The minimum Gasteiger partial charge on any atom is -0.481 e. The molecule has 0 aromatic carbocycles. The summed E-state index contributed by atoms with van der Waals surface area (Å²) >= 11 is 0. The third-order valence-electron chi connectivity index (χ3n) is 2.69. The quantitative estimate of drug-likeness (QED) is 0.695. The van der Waals surface area contributed by atoms with Crippen LogP contribution >= 0.6 is 0 Å². The van der Waals surface area contributed by atoms with Crippen molar-refractivity contribution in [1.29, 1.82) is 0 Å². The van der Waals surface area contributed by atoms with E-state index in [0.29, 0.717) is 6.61 Å². The van der Waals surface area contributed by atoms with E-state index in [-0.39, 0.29) is 25.7 Å². The number of hydrogen-bond donors (Lipinski definition) is 1. The van der Waals surface area contributed by atoms with Gasteiger partial charge in [0.05, 0.1) is 19.3 Å². The number of amides is 1. The van der Waals surface area contributed by atoms with Crippen molar-refractivity contribution < 1.29 is 24.2 Å².